The van der Waals surface area contributed by atoms with Crippen molar-refractivity contribution in [3.8, 4) is 0 Å². The average molecular weight is 151 g/mol. The van der Waals surface area contributed by atoms with E-state index in [0.717, 1.165) is 17.9 Å². The Bertz CT molecular complexity index is 312. The number of rotatable bonds is 1. The van der Waals surface area contributed by atoms with Crippen LogP contribution in [-0.2, 0) is 6.54 Å². The molecule has 11 heavy (non-hydrogen) atoms. The highest BCUT2D eigenvalue weighted by atomic mass is 15.0. The fourth-order valence-electron chi connectivity index (χ4n) is 1.09. The SMILES string of the molecule is CCn1cc(C)nc(C)c1=N. The number of hydrogen-bond acceptors (Lipinski definition) is 2. The highest BCUT2D eigenvalue weighted by Gasteiger charge is 1.95. The van der Waals surface area contributed by atoms with E-state index in [1.165, 1.54) is 0 Å². The first-order valence-electron chi connectivity index (χ1n) is 3.74. The quantitative estimate of drug-likeness (QED) is 0.639. The van der Waals surface area contributed by atoms with Gasteiger partial charge in [-0.2, -0.15) is 0 Å². The maximum Gasteiger partial charge on any atom is 0.146 e. The first-order chi connectivity index (χ1) is 5.15. The summed E-state index contributed by atoms with van der Waals surface area (Å²) in [5.41, 5.74) is 2.28. The first-order valence-corrected chi connectivity index (χ1v) is 3.74. The third-order valence-corrected chi connectivity index (χ3v) is 1.66. The molecule has 60 valence electrons. The van der Waals surface area contributed by atoms with Crippen molar-refractivity contribution in [2.24, 2.45) is 0 Å². The Balaban J connectivity index is 3.37. The fraction of sp³-hybridized carbons (Fsp3) is 0.500. The van der Waals surface area contributed by atoms with Crippen LogP contribution in [0.2, 0.25) is 0 Å². The molecule has 0 aliphatic heterocycles. The molecule has 0 unspecified atom stereocenters. The van der Waals surface area contributed by atoms with Crippen LogP contribution in [0.4, 0.5) is 0 Å². The highest BCUT2D eigenvalue weighted by Crippen LogP contribution is 1.90. The van der Waals surface area contributed by atoms with Gasteiger partial charge < -0.3 is 4.57 Å². The van der Waals surface area contributed by atoms with Crippen LogP contribution in [0.3, 0.4) is 0 Å². The molecule has 0 aromatic carbocycles. The Kier molecular flexibility index (Phi) is 2.08. The van der Waals surface area contributed by atoms with Crippen molar-refractivity contribution in [1.29, 1.82) is 5.41 Å². The third kappa shape index (κ3) is 1.48. The van der Waals surface area contributed by atoms with Gasteiger partial charge in [0.2, 0.25) is 0 Å². The number of nitrogens with zero attached hydrogens (tertiary/aromatic N) is 2. The van der Waals surface area contributed by atoms with Crippen LogP contribution in [0.25, 0.3) is 0 Å². The Labute approximate surface area is 66.2 Å². The van der Waals surface area contributed by atoms with Gasteiger partial charge in [-0.25, -0.2) is 0 Å². The van der Waals surface area contributed by atoms with Gasteiger partial charge >= 0.3 is 0 Å². The molecule has 0 spiro atoms. The molecule has 1 aromatic heterocycles. The summed E-state index contributed by atoms with van der Waals surface area (Å²) in [4.78, 5) is 4.17. The smallest absolute Gasteiger partial charge is 0.146 e. The highest BCUT2D eigenvalue weighted by molar-refractivity contribution is 5.00. The Hall–Kier alpha value is -1.12. The Morgan fingerprint density at radius 3 is 2.73 bits per heavy atom. The Morgan fingerprint density at radius 1 is 1.55 bits per heavy atom. The van der Waals surface area contributed by atoms with Crippen molar-refractivity contribution in [2.75, 3.05) is 0 Å². The molecule has 0 bridgehead atoms. The molecule has 3 heteroatoms. The normalized spacial score (nSPS) is 10.1. The molecule has 3 nitrogen and oxygen atoms in total. The van der Waals surface area contributed by atoms with E-state index in [9.17, 15) is 0 Å². The van der Waals surface area contributed by atoms with Gasteiger partial charge in [-0.1, -0.05) is 0 Å². The van der Waals surface area contributed by atoms with Crippen molar-refractivity contribution in [3.05, 3.63) is 23.1 Å². The average Bonchev–Trinajstić information content (AvgIpc) is 1.96. The predicted molar refractivity (Wildman–Crippen MR) is 43.2 cm³/mol. The lowest BCUT2D eigenvalue weighted by Crippen LogP contribution is -2.23. The first kappa shape index (κ1) is 7.98. The molecular formula is C8H13N3. The van der Waals surface area contributed by atoms with Crippen LogP contribution >= 0.6 is 0 Å². The molecule has 0 saturated heterocycles. The summed E-state index contributed by atoms with van der Waals surface area (Å²) in [5.74, 6) is 0. The molecule has 0 fully saturated rings. The fourth-order valence-corrected chi connectivity index (χ4v) is 1.09. The second kappa shape index (κ2) is 2.86. The van der Waals surface area contributed by atoms with Crippen molar-refractivity contribution >= 4 is 0 Å². The lowest BCUT2D eigenvalue weighted by Gasteiger charge is -2.05. The lowest BCUT2D eigenvalue weighted by molar-refractivity contribution is 0.675. The summed E-state index contributed by atoms with van der Waals surface area (Å²) in [5, 5.41) is 7.59. The zero-order valence-electron chi connectivity index (χ0n) is 7.18. The largest absolute Gasteiger partial charge is 0.330 e. The summed E-state index contributed by atoms with van der Waals surface area (Å²) in [6.45, 7) is 6.67. The molecule has 0 radical (unpaired) electrons. The zero-order chi connectivity index (χ0) is 8.43. The standard InChI is InChI=1S/C8H13N3/c1-4-11-5-6(2)10-7(3)8(11)9/h5,9H,4H2,1-3H3. The van der Waals surface area contributed by atoms with E-state index in [2.05, 4.69) is 4.98 Å². The number of hydrogen-bond donors (Lipinski definition) is 1. The van der Waals surface area contributed by atoms with Crippen LogP contribution in [0.1, 0.15) is 18.3 Å². The van der Waals surface area contributed by atoms with Gasteiger partial charge in [0.15, 0.2) is 0 Å². The molecule has 0 atom stereocenters. The van der Waals surface area contributed by atoms with Gasteiger partial charge in [0.1, 0.15) is 5.49 Å². The molecule has 1 rings (SSSR count). The van der Waals surface area contributed by atoms with Gasteiger partial charge in [-0.15, -0.1) is 0 Å². The topological polar surface area (TPSA) is 41.7 Å². The number of aromatic nitrogens is 2. The Morgan fingerprint density at radius 2 is 2.18 bits per heavy atom. The summed E-state index contributed by atoms with van der Waals surface area (Å²) in [7, 11) is 0. The van der Waals surface area contributed by atoms with E-state index >= 15 is 0 Å². The van der Waals surface area contributed by atoms with Gasteiger partial charge in [-0.3, -0.25) is 10.4 Å². The van der Waals surface area contributed by atoms with Gasteiger partial charge in [0.05, 0.1) is 11.4 Å². The molecule has 0 amide bonds. The summed E-state index contributed by atoms with van der Waals surface area (Å²) in [6, 6.07) is 0. The van der Waals surface area contributed by atoms with Crippen molar-refractivity contribution in [1.82, 2.24) is 9.55 Å². The summed E-state index contributed by atoms with van der Waals surface area (Å²) < 4.78 is 1.89. The second-order valence-corrected chi connectivity index (χ2v) is 2.60. The minimum Gasteiger partial charge on any atom is -0.330 e. The van der Waals surface area contributed by atoms with E-state index in [1.54, 1.807) is 0 Å². The second-order valence-electron chi connectivity index (χ2n) is 2.60. The maximum atomic E-state index is 7.59. The van der Waals surface area contributed by atoms with Crippen molar-refractivity contribution in [3.63, 3.8) is 0 Å². The molecule has 0 aliphatic carbocycles. The summed E-state index contributed by atoms with van der Waals surface area (Å²) >= 11 is 0. The molecule has 1 N–H and O–H groups in total. The minimum atomic E-state index is 0.512. The van der Waals surface area contributed by atoms with E-state index in [-0.39, 0.29) is 0 Å². The predicted octanol–water partition coefficient (Wildman–Crippen LogP) is 0.999. The summed E-state index contributed by atoms with van der Waals surface area (Å²) in [6.07, 6.45) is 1.90. The molecule has 0 aliphatic rings. The monoisotopic (exact) mass is 151 g/mol. The molecular weight excluding hydrogens is 138 g/mol. The molecule has 1 aromatic rings. The van der Waals surface area contributed by atoms with Crippen LogP contribution in [0.5, 0.6) is 0 Å². The lowest BCUT2D eigenvalue weighted by atomic mass is 10.4. The molecule has 1 heterocycles. The van der Waals surface area contributed by atoms with E-state index in [4.69, 9.17) is 5.41 Å². The third-order valence-electron chi connectivity index (χ3n) is 1.66. The number of aryl methyl sites for hydroxylation is 3. The van der Waals surface area contributed by atoms with E-state index in [0.29, 0.717) is 5.49 Å². The van der Waals surface area contributed by atoms with Crippen LogP contribution in [0, 0.1) is 19.3 Å². The number of nitrogens with one attached hydrogen (secondary N) is 1. The van der Waals surface area contributed by atoms with Crippen LogP contribution < -0.4 is 5.49 Å². The van der Waals surface area contributed by atoms with E-state index in [1.807, 2.05) is 31.5 Å². The van der Waals surface area contributed by atoms with Gasteiger partial charge in [-0.05, 0) is 20.8 Å². The van der Waals surface area contributed by atoms with Crippen molar-refractivity contribution in [2.45, 2.75) is 27.3 Å². The van der Waals surface area contributed by atoms with Gasteiger partial charge in [0.25, 0.3) is 0 Å². The maximum absolute atomic E-state index is 7.59. The van der Waals surface area contributed by atoms with Crippen LogP contribution in [-0.4, -0.2) is 9.55 Å². The zero-order valence-corrected chi connectivity index (χ0v) is 7.18. The van der Waals surface area contributed by atoms with Crippen LogP contribution in [0.15, 0.2) is 6.20 Å². The van der Waals surface area contributed by atoms with E-state index < -0.39 is 0 Å². The minimum absolute atomic E-state index is 0.512. The van der Waals surface area contributed by atoms with Gasteiger partial charge in [0, 0.05) is 12.7 Å². The van der Waals surface area contributed by atoms with Crippen molar-refractivity contribution < 1.29 is 0 Å². The molecule has 0 saturated carbocycles.